The van der Waals surface area contributed by atoms with Gasteiger partial charge in [0.15, 0.2) is 5.69 Å². The Hall–Kier alpha value is -1.65. The highest BCUT2D eigenvalue weighted by molar-refractivity contribution is 5.87. The van der Waals surface area contributed by atoms with Crippen LogP contribution in [0.25, 0.3) is 0 Å². The monoisotopic (exact) mass is 167 g/mol. The Kier molecular flexibility index (Phi) is 1.95. The van der Waals surface area contributed by atoms with Crippen LogP contribution in [0.5, 0.6) is 0 Å². The fourth-order valence-electron chi connectivity index (χ4n) is 0.827. The lowest BCUT2D eigenvalue weighted by atomic mass is 10.1. The second kappa shape index (κ2) is 2.77. The maximum atomic E-state index is 10.5. The Morgan fingerprint density at radius 3 is 2.42 bits per heavy atom. The summed E-state index contributed by atoms with van der Waals surface area (Å²) in [5.41, 5.74) is 6.62. The van der Waals surface area contributed by atoms with Crippen molar-refractivity contribution in [3.8, 4) is 0 Å². The lowest BCUT2D eigenvalue weighted by Crippen LogP contribution is -2.09. The van der Waals surface area contributed by atoms with Crippen molar-refractivity contribution in [2.75, 3.05) is 5.73 Å². The lowest BCUT2D eigenvalue weighted by molar-refractivity contribution is 0.0688. The lowest BCUT2D eigenvalue weighted by Gasteiger charge is -2.03. The Morgan fingerprint density at radius 1 is 1.33 bits per heavy atom. The highest BCUT2D eigenvalue weighted by atomic mass is 16.4. The number of rotatable bonds is 1. The van der Waals surface area contributed by atoms with Crippen molar-refractivity contribution in [1.29, 1.82) is 0 Å². The topological polar surface area (TPSA) is 89.1 Å². The molecule has 0 radical (unpaired) electrons. The maximum Gasteiger partial charge on any atom is 0.356 e. The molecule has 0 fully saturated rings. The molecule has 0 saturated heterocycles. The number of nitrogens with zero attached hydrogens (tertiary/aromatic N) is 2. The fourth-order valence-corrected chi connectivity index (χ4v) is 0.827. The van der Waals surface area contributed by atoms with Crippen molar-refractivity contribution in [2.45, 2.75) is 13.8 Å². The van der Waals surface area contributed by atoms with Crippen molar-refractivity contribution in [3.05, 3.63) is 16.8 Å². The van der Waals surface area contributed by atoms with Gasteiger partial charge in [0.25, 0.3) is 0 Å². The Labute approximate surface area is 69.2 Å². The number of carboxylic acid groups (broad SMARTS) is 1. The first-order valence-corrected chi connectivity index (χ1v) is 3.36. The van der Waals surface area contributed by atoms with Crippen LogP contribution in [0.1, 0.15) is 21.6 Å². The van der Waals surface area contributed by atoms with Gasteiger partial charge in [-0.3, -0.25) is 0 Å². The highest BCUT2D eigenvalue weighted by Gasteiger charge is 2.12. The van der Waals surface area contributed by atoms with Gasteiger partial charge in [-0.25, -0.2) is 4.79 Å². The van der Waals surface area contributed by atoms with Crippen molar-refractivity contribution >= 4 is 11.8 Å². The number of nitrogens with two attached hydrogens (primary N) is 1. The molecule has 1 aromatic heterocycles. The number of nitrogen functional groups attached to an aromatic ring is 1. The quantitative estimate of drug-likeness (QED) is 0.630. The molecule has 0 unspecified atom stereocenters. The van der Waals surface area contributed by atoms with E-state index in [1.165, 1.54) is 0 Å². The summed E-state index contributed by atoms with van der Waals surface area (Å²) >= 11 is 0. The predicted octanol–water partition coefficient (Wildman–Crippen LogP) is 0.374. The van der Waals surface area contributed by atoms with E-state index in [0.29, 0.717) is 11.1 Å². The van der Waals surface area contributed by atoms with E-state index in [1.807, 2.05) is 0 Å². The molecule has 5 heteroatoms. The second-order valence-corrected chi connectivity index (χ2v) is 2.49. The van der Waals surface area contributed by atoms with Crippen molar-refractivity contribution < 1.29 is 9.90 Å². The van der Waals surface area contributed by atoms with E-state index in [4.69, 9.17) is 10.8 Å². The minimum absolute atomic E-state index is 0.0401. The van der Waals surface area contributed by atoms with Crippen LogP contribution in [-0.4, -0.2) is 21.3 Å². The van der Waals surface area contributed by atoms with Gasteiger partial charge in [-0.1, -0.05) is 0 Å². The van der Waals surface area contributed by atoms with Gasteiger partial charge in [0, 0.05) is 0 Å². The number of hydrogen-bond acceptors (Lipinski definition) is 4. The molecule has 0 bridgehead atoms. The smallest absolute Gasteiger partial charge is 0.356 e. The first kappa shape index (κ1) is 8.45. The van der Waals surface area contributed by atoms with Crippen LogP contribution >= 0.6 is 0 Å². The van der Waals surface area contributed by atoms with E-state index in [9.17, 15) is 4.79 Å². The van der Waals surface area contributed by atoms with E-state index in [2.05, 4.69) is 10.2 Å². The first-order chi connectivity index (χ1) is 5.54. The van der Waals surface area contributed by atoms with Gasteiger partial charge in [0.05, 0.1) is 0 Å². The zero-order valence-corrected chi connectivity index (χ0v) is 6.83. The van der Waals surface area contributed by atoms with Crippen LogP contribution in [0.15, 0.2) is 0 Å². The molecule has 5 nitrogen and oxygen atoms in total. The molecular weight excluding hydrogens is 158 g/mol. The summed E-state index contributed by atoms with van der Waals surface area (Å²) in [4.78, 5) is 10.5. The maximum absolute atomic E-state index is 10.5. The third-order valence-electron chi connectivity index (χ3n) is 1.76. The van der Waals surface area contributed by atoms with Crippen LogP contribution in [-0.2, 0) is 0 Å². The van der Waals surface area contributed by atoms with E-state index < -0.39 is 5.97 Å². The third-order valence-corrected chi connectivity index (χ3v) is 1.76. The molecule has 0 atom stereocenters. The molecular formula is C7H9N3O2. The summed E-state index contributed by atoms with van der Waals surface area (Å²) in [6, 6.07) is 0. The van der Waals surface area contributed by atoms with Crippen LogP contribution in [0.3, 0.4) is 0 Å². The molecule has 1 heterocycles. The summed E-state index contributed by atoms with van der Waals surface area (Å²) in [5, 5.41) is 15.6. The molecule has 3 N–H and O–H groups in total. The number of anilines is 1. The summed E-state index contributed by atoms with van der Waals surface area (Å²) < 4.78 is 0. The summed E-state index contributed by atoms with van der Waals surface area (Å²) in [7, 11) is 0. The zero-order valence-electron chi connectivity index (χ0n) is 6.83. The number of aromatic nitrogens is 2. The molecule has 1 rings (SSSR count). The molecule has 0 amide bonds. The molecule has 64 valence electrons. The van der Waals surface area contributed by atoms with Gasteiger partial charge in [-0.15, -0.1) is 10.2 Å². The minimum Gasteiger partial charge on any atom is -0.476 e. The summed E-state index contributed by atoms with van der Waals surface area (Å²) in [6.45, 7) is 3.37. The van der Waals surface area contributed by atoms with Crippen molar-refractivity contribution in [2.24, 2.45) is 0 Å². The van der Waals surface area contributed by atoms with Gasteiger partial charge in [-0.05, 0) is 25.0 Å². The van der Waals surface area contributed by atoms with E-state index in [0.717, 1.165) is 0 Å². The molecule has 0 spiro atoms. The van der Waals surface area contributed by atoms with E-state index >= 15 is 0 Å². The molecule has 12 heavy (non-hydrogen) atoms. The van der Waals surface area contributed by atoms with Gasteiger partial charge in [0.2, 0.25) is 0 Å². The zero-order chi connectivity index (χ0) is 9.30. The van der Waals surface area contributed by atoms with E-state index in [1.54, 1.807) is 13.8 Å². The average molecular weight is 167 g/mol. The van der Waals surface area contributed by atoms with Crippen molar-refractivity contribution in [1.82, 2.24) is 10.2 Å². The van der Waals surface area contributed by atoms with Crippen molar-refractivity contribution in [3.63, 3.8) is 0 Å². The molecule has 0 saturated carbocycles. The van der Waals surface area contributed by atoms with Gasteiger partial charge in [-0.2, -0.15) is 0 Å². The van der Waals surface area contributed by atoms with Gasteiger partial charge >= 0.3 is 5.97 Å². The Bertz CT molecular complexity index is 336. The summed E-state index contributed by atoms with van der Waals surface area (Å²) in [6.07, 6.45) is 0. The van der Waals surface area contributed by atoms with Gasteiger partial charge < -0.3 is 10.8 Å². The summed E-state index contributed by atoms with van der Waals surface area (Å²) in [5.74, 6) is -0.805. The van der Waals surface area contributed by atoms with Crippen LogP contribution in [0, 0.1) is 13.8 Å². The largest absolute Gasteiger partial charge is 0.476 e. The number of carboxylic acids is 1. The fraction of sp³-hybridized carbons (Fsp3) is 0.286. The Morgan fingerprint density at radius 2 is 1.92 bits per heavy atom. The minimum atomic E-state index is -1.08. The molecule has 0 aliphatic rings. The predicted molar refractivity (Wildman–Crippen MR) is 42.9 cm³/mol. The molecule has 0 aromatic carbocycles. The number of carbonyl (C=O) groups is 1. The van der Waals surface area contributed by atoms with Crippen LogP contribution < -0.4 is 5.73 Å². The average Bonchev–Trinajstić information content (AvgIpc) is 2.00. The Balaban J connectivity index is 3.36. The highest BCUT2D eigenvalue weighted by Crippen LogP contribution is 2.13. The standard InChI is InChI=1S/C7H9N3O2/c1-3-4(2)6(8)10-9-5(3)7(11)12/h1-2H3,(H2,8,10)(H,11,12). The third kappa shape index (κ3) is 1.20. The molecule has 0 aliphatic heterocycles. The number of hydrogen-bond donors (Lipinski definition) is 2. The van der Waals surface area contributed by atoms with Gasteiger partial charge in [0.1, 0.15) is 5.82 Å². The van der Waals surface area contributed by atoms with Crippen LogP contribution in [0.2, 0.25) is 0 Å². The van der Waals surface area contributed by atoms with E-state index in [-0.39, 0.29) is 11.5 Å². The second-order valence-electron chi connectivity index (χ2n) is 2.49. The molecule has 1 aromatic rings. The number of aromatic carboxylic acids is 1. The first-order valence-electron chi connectivity index (χ1n) is 3.36. The SMILES string of the molecule is Cc1c(N)nnc(C(=O)O)c1C. The normalized spacial score (nSPS) is 9.83. The van der Waals surface area contributed by atoms with Crippen LogP contribution in [0.4, 0.5) is 5.82 Å². The molecule has 0 aliphatic carbocycles.